The van der Waals surface area contributed by atoms with E-state index in [4.69, 9.17) is 0 Å². The zero-order chi connectivity index (χ0) is 17.1. The number of Topliss-reactive ketones (excluding diaryl/α,β-unsaturated/α-hetero) is 1. The van der Waals surface area contributed by atoms with E-state index in [1.54, 1.807) is 13.8 Å². The number of ketones is 1. The molecule has 2 aromatic rings. The van der Waals surface area contributed by atoms with Crippen LogP contribution in [-0.2, 0) is 6.54 Å². The van der Waals surface area contributed by atoms with Gasteiger partial charge in [0, 0.05) is 23.5 Å². The van der Waals surface area contributed by atoms with E-state index in [-0.39, 0.29) is 11.7 Å². The highest BCUT2D eigenvalue weighted by atomic mass is 16.2. The summed E-state index contributed by atoms with van der Waals surface area (Å²) in [6, 6.07) is 7.71. The molecule has 2 N–H and O–H groups in total. The molecule has 5 heteroatoms. The summed E-state index contributed by atoms with van der Waals surface area (Å²) in [6.07, 6.45) is 0. The summed E-state index contributed by atoms with van der Waals surface area (Å²) in [5.74, 6) is -0.271. The van der Waals surface area contributed by atoms with Crippen LogP contribution < -0.4 is 5.32 Å². The second-order valence-electron chi connectivity index (χ2n) is 6.03. The topological polar surface area (TPSA) is 65.2 Å². The largest absolute Gasteiger partial charge is 0.354 e. The lowest BCUT2D eigenvalue weighted by Gasteiger charge is -2.14. The number of benzene rings is 1. The zero-order valence-corrected chi connectivity index (χ0v) is 14.3. The lowest BCUT2D eigenvalue weighted by molar-refractivity contribution is 0.101. The molecule has 0 spiro atoms. The molecule has 0 radical (unpaired) electrons. The van der Waals surface area contributed by atoms with Gasteiger partial charge in [-0.25, -0.2) is 0 Å². The number of hydrogen-bond acceptors (Lipinski definition) is 3. The average molecular weight is 313 g/mol. The highest BCUT2D eigenvalue weighted by Gasteiger charge is 2.20. The van der Waals surface area contributed by atoms with Crippen LogP contribution >= 0.6 is 0 Å². The number of carbonyl (C=O) groups is 2. The minimum atomic E-state index is -0.232. The van der Waals surface area contributed by atoms with Crippen molar-refractivity contribution < 1.29 is 9.59 Å². The van der Waals surface area contributed by atoms with Crippen LogP contribution in [0.25, 0.3) is 0 Å². The van der Waals surface area contributed by atoms with Crippen LogP contribution in [0.3, 0.4) is 0 Å². The molecule has 0 aliphatic carbocycles. The fourth-order valence-electron chi connectivity index (χ4n) is 2.81. The molecule has 0 bridgehead atoms. The Hall–Kier alpha value is -2.40. The molecule has 0 saturated carbocycles. The van der Waals surface area contributed by atoms with Crippen molar-refractivity contribution in [3.05, 3.63) is 52.3 Å². The number of aromatic amines is 1. The quantitative estimate of drug-likeness (QED) is 0.833. The van der Waals surface area contributed by atoms with Gasteiger partial charge in [-0.2, -0.15) is 0 Å². The fraction of sp³-hybridized carbons (Fsp3) is 0.333. The predicted octanol–water partition coefficient (Wildman–Crippen LogP) is 3.15. The smallest absolute Gasteiger partial charge is 0.272 e. The molecule has 1 aromatic heterocycles. The van der Waals surface area contributed by atoms with Crippen LogP contribution in [-0.4, -0.2) is 35.7 Å². The number of H-pyrrole nitrogens is 1. The van der Waals surface area contributed by atoms with Crippen molar-refractivity contribution in [3.8, 4) is 0 Å². The van der Waals surface area contributed by atoms with Crippen molar-refractivity contribution in [2.75, 3.05) is 19.4 Å². The molecule has 0 saturated heterocycles. The van der Waals surface area contributed by atoms with Crippen LogP contribution in [0.5, 0.6) is 0 Å². The van der Waals surface area contributed by atoms with Crippen LogP contribution in [0.1, 0.15) is 44.6 Å². The predicted molar refractivity (Wildman–Crippen MR) is 92.1 cm³/mol. The van der Waals surface area contributed by atoms with Gasteiger partial charge < -0.3 is 15.2 Å². The molecular weight excluding hydrogens is 290 g/mol. The standard InChI is InChI=1S/C18H23N3O2/c1-11-16(13(3)22)12(2)19-17(11)18(23)20-15-9-7-6-8-14(15)10-21(4)5/h6-9,19H,10H2,1-5H3,(H,20,23). The number of hydrogen-bond donors (Lipinski definition) is 2. The van der Waals surface area contributed by atoms with Crippen molar-refractivity contribution in [2.24, 2.45) is 0 Å². The van der Waals surface area contributed by atoms with Gasteiger partial charge >= 0.3 is 0 Å². The molecule has 1 heterocycles. The molecule has 0 fully saturated rings. The molecule has 0 atom stereocenters. The highest BCUT2D eigenvalue weighted by Crippen LogP contribution is 2.21. The lowest BCUT2D eigenvalue weighted by Crippen LogP contribution is -2.17. The first kappa shape index (κ1) is 17.0. The highest BCUT2D eigenvalue weighted by molar-refractivity contribution is 6.07. The maximum absolute atomic E-state index is 12.6. The number of aryl methyl sites for hydroxylation is 1. The van der Waals surface area contributed by atoms with Gasteiger partial charge in [0.15, 0.2) is 5.78 Å². The van der Waals surface area contributed by atoms with Crippen LogP contribution in [0, 0.1) is 13.8 Å². The molecular formula is C18H23N3O2. The molecule has 1 amide bonds. The monoisotopic (exact) mass is 313 g/mol. The number of aromatic nitrogens is 1. The maximum Gasteiger partial charge on any atom is 0.272 e. The first-order chi connectivity index (χ1) is 10.8. The molecule has 0 unspecified atom stereocenters. The molecule has 122 valence electrons. The Morgan fingerprint density at radius 1 is 1.17 bits per heavy atom. The number of anilines is 1. The third-order valence-electron chi connectivity index (χ3n) is 3.77. The Balaban J connectivity index is 2.30. The van der Waals surface area contributed by atoms with Crippen LogP contribution in [0.15, 0.2) is 24.3 Å². The molecule has 5 nitrogen and oxygen atoms in total. The first-order valence-corrected chi connectivity index (χ1v) is 7.55. The third kappa shape index (κ3) is 3.68. The van der Waals surface area contributed by atoms with Gasteiger partial charge in [-0.3, -0.25) is 9.59 Å². The second kappa shape index (κ2) is 6.79. The van der Waals surface area contributed by atoms with Gasteiger partial charge in [0.1, 0.15) is 5.69 Å². The van der Waals surface area contributed by atoms with Crippen LogP contribution in [0.2, 0.25) is 0 Å². The average Bonchev–Trinajstić information content (AvgIpc) is 2.75. The maximum atomic E-state index is 12.6. The van der Waals surface area contributed by atoms with Gasteiger partial charge in [-0.05, 0) is 52.1 Å². The number of para-hydroxylation sites is 1. The minimum absolute atomic E-state index is 0.0386. The Labute approximate surface area is 136 Å². The van der Waals surface area contributed by atoms with E-state index >= 15 is 0 Å². The Morgan fingerprint density at radius 2 is 1.83 bits per heavy atom. The summed E-state index contributed by atoms with van der Waals surface area (Å²) < 4.78 is 0. The van der Waals surface area contributed by atoms with E-state index in [9.17, 15) is 9.59 Å². The second-order valence-corrected chi connectivity index (χ2v) is 6.03. The Morgan fingerprint density at radius 3 is 2.39 bits per heavy atom. The first-order valence-electron chi connectivity index (χ1n) is 7.55. The van der Waals surface area contributed by atoms with Crippen molar-refractivity contribution in [1.29, 1.82) is 0 Å². The molecule has 23 heavy (non-hydrogen) atoms. The summed E-state index contributed by atoms with van der Waals surface area (Å²) in [5.41, 5.74) is 4.27. The Kier molecular flexibility index (Phi) is 5.01. The summed E-state index contributed by atoms with van der Waals surface area (Å²) in [5, 5.41) is 2.94. The van der Waals surface area contributed by atoms with Gasteiger partial charge in [0.25, 0.3) is 5.91 Å². The number of amides is 1. The van der Waals surface area contributed by atoms with Crippen molar-refractivity contribution in [1.82, 2.24) is 9.88 Å². The third-order valence-corrected chi connectivity index (χ3v) is 3.77. The van der Waals surface area contributed by atoms with E-state index in [1.807, 2.05) is 43.3 Å². The van der Waals surface area contributed by atoms with Gasteiger partial charge in [-0.15, -0.1) is 0 Å². The number of nitrogens with zero attached hydrogens (tertiary/aromatic N) is 1. The SMILES string of the molecule is CC(=O)c1c(C)[nH]c(C(=O)Nc2ccccc2CN(C)C)c1C. The normalized spacial score (nSPS) is 10.9. The van der Waals surface area contributed by atoms with Gasteiger partial charge in [0.05, 0.1) is 0 Å². The molecule has 1 aromatic carbocycles. The molecule has 0 aliphatic rings. The van der Waals surface area contributed by atoms with E-state index in [2.05, 4.69) is 10.3 Å². The van der Waals surface area contributed by atoms with Gasteiger partial charge in [0.2, 0.25) is 0 Å². The molecule has 0 aliphatic heterocycles. The van der Waals surface area contributed by atoms with E-state index in [1.165, 1.54) is 6.92 Å². The van der Waals surface area contributed by atoms with Crippen molar-refractivity contribution >= 4 is 17.4 Å². The van der Waals surface area contributed by atoms with Crippen LogP contribution in [0.4, 0.5) is 5.69 Å². The summed E-state index contributed by atoms with van der Waals surface area (Å²) >= 11 is 0. The van der Waals surface area contributed by atoms with E-state index < -0.39 is 0 Å². The summed E-state index contributed by atoms with van der Waals surface area (Å²) in [4.78, 5) is 29.4. The lowest BCUT2D eigenvalue weighted by atomic mass is 10.1. The zero-order valence-electron chi connectivity index (χ0n) is 14.3. The summed E-state index contributed by atoms with van der Waals surface area (Å²) in [7, 11) is 3.96. The molecule has 2 rings (SSSR count). The number of rotatable bonds is 5. The Bertz CT molecular complexity index is 745. The van der Waals surface area contributed by atoms with E-state index in [0.717, 1.165) is 23.5 Å². The van der Waals surface area contributed by atoms with Gasteiger partial charge in [-0.1, -0.05) is 18.2 Å². The number of carbonyl (C=O) groups excluding carboxylic acids is 2. The van der Waals surface area contributed by atoms with Crippen molar-refractivity contribution in [2.45, 2.75) is 27.3 Å². The van der Waals surface area contributed by atoms with E-state index in [0.29, 0.717) is 16.8 Å². The number of nitrogens with one attached hydrogen (secondary N) is 2. The minimum Gasteiger partial charge on any atom is -0.354 e. The summed E-state index contributed by atoms with van der Waals surface area (Å²) in [6.45, 7) is 5.84. The van der Waals surface area contributed by atoms with Crippen molar-refractivity contribution in [3.63, 3.8) is 0 Å². The fourth-order valence-corrected chi connectivity index (χ4v) is 2.81.